The predicted octanol–water partition coefficient (Wildman–Crippen LogP) is 3.79. The average molecular weight is 315 g/mol. The molecule has 0 saturated carbocycles. The molecule has 0 radical (unpaired) electrons. The van der Waals surface area contributed by atoms with Gasteiger partial charge in [-0.15, -0.1) is 0 Å². The van der Waals surface area contributed by atoms with Gasteiger partial charge in [-0.2, -0.15) is 0 Å². The minimum atomic E-state index is 0.0469. The standard InChI is InChI=1S/C19H29N3O/c1-14(2)11-13-22-17-9-6-5-8-16(17)21-18(22)10-7-12-20-19(23)15(3)4/h5-6,8-9,14-15H,7,10-13H2,1-4H3,(H,20,23). The van der Waals surface area contributed by atoms with Gasteiger partial charge in [0.15, 0.2) is 0 Å². The molecule has 0 fully saturated rings. The number of imidazole rings is 1. The Morgan fingerprint density at radius 2 is 1.96 bits per heavy atom. The molecule has 23 heavy (non-hydrogen) atoms. The van der Waals surface area contributed by atoms with Gasteiger partial charge in [0, 0.05) is 25.4 Å². The third-order valence-electron chi connectivity index (χ3n) is 4.06. The fourth-order valence-electron chi connectivity index (χ4n) is 2.62. The molecule has 0 spiro atoms. The summed E-state index contributed by atoms with van der Waals surface area (Å²) in [7, 11) is 0. The SMILES string of the molecule is CC(C)CCn1c(CCCNC(=O)C(C)C)nc2ccccc21. The molecule has 126 valence electrons. The molecule has 0 atom stereocenters. The van der Waals surface area contributed by atoms with Gasteiger partial charge in [-0.3, -0.25) is 4.79 Å². The molecule has 1 N–H and O–H groups in total. The molecule has 4 heteroatoms. The first-order chi connectivity index (χ1) is 11.0. The van der Waals surface area contributed by atoms with Gasteiger partial charge in [-0.05, 0) is 30.9 Å². The van der Waals surface area contributed by atoms with E-state index in [0.717, 1.165) is 37.1 Å². The van der Waals surface area contributed by atoms with Crippen LogP contribution in [0.15, 0.2) is 24.3 Å². The Labute approximate surface area is 139 Å². The second kappa shape index (κ2) is 8.14. The summed E-state index contributed by atoms with van der Waals surface area (Å²) in [5.74, 6) is 1.98. The van der Waals surface area contributed by atoms with Crippen LogP contribution < -0.4 is 5.32 Å². The maximum atomic E-state index is 11.6. The summed E-state index contributed by atoms with van der Waals surface area (Å²) in [6.07, 6.45) is 2.96. The number of aryl methyl sites for hydroxylation is 2. The molecule has 0 unspecified atom stereocenters. The van der Waals surface area contributed by atoms with Crippen LogP contribution in [-0.4, -0.2) is 22.0 Å². The third-order valence-corrected chi connectivity index (χ3v) is 4.06. The predicted molar refractivity (Wildman–Crippen MR) is 95.4 cm³/mol. The quantitative estimate of drug-likeness (QED) is 0.753. The van der Waals surface area contributed by atoms with Crippen LogP contribution in [0.5, 0.6) is 0 Å². The molecule has 0 saturated heterocycles. The summed E-state index contributed by atoms with van der Waals surface area (Å²) in [5, 5.41) is 2.98. The van der Waals surface area contributed by atoms with Crippen molar-refractivity contribution in [1.29, 1.82) is 0 Å². The number of para-hydroxylation sites is 2. The van der Waals surface area contributed by atoms with E-state index in [1.807, 2.05) is 19.9 Å². The van der Waals surface area contributed by atoms with Gasteiger partial charge >= 0.3 is 0 Å². The average Bonchev–Trinajstić information content (AvgIpc) is 2.86. The highest BCUT2D eigenvalue weighted by atomic mass is 16.1. The topological polar surface area (TPSA) is 46.9 Å². The summed E-state index contributed by atoms with van der Waals surface area (Å²) < 4.78 is 2.35. The van der Waals surface area contributed by atoms with Crippen molar-refractivity contribution < 1.29 is 4.79 Å². The van der Waals surface area contributed by atoms with Crippen LogP contribution in [0.25, 0.3) is 11.0 Å². The highest BCUT2D eigenvalue weighted by Gasteiger charge is 2.11. The largest absolute Gasteiger partial charge is 0.356 e. The van der Waals surface area contributed by atoms with Gasteiger partial charge in [0.25, 0.3) is 0 Å². The lowest BCUT2D eigenvalue weighted by molar-refractivity contribution is -0.123. The number of fused-ring (bicyclic) bond motifs is 1. The van der Waals surface area contributed by atoms with Gasteiger partial charge in [0.1, 0.15) is 5.82 Å². The first kappa shape index (κ1) is 17.5. The van der Waals surface area contributed by atoms with E-state index in [0.29, 0.717) is 12.5 Å². The van der Waals surface area contributed by atoms with Crippen LogP contribution >= 0.6 is 0 Å². The lowest BCUT2D eigenvalue weighted by atomic mass is 10.1. The molecule has 2 aromatic rings. The van der Waals surface area contributed by atoms with Crippen LogP contribution in [0.1, 0.15) is 46.4 Å². The number of hydrogen-bond donors (Lipinski definition) is 1. The minimum Gasteiger partial charge on any atom is -0.356 e. The van der Waals surface area contributed by atoms with E-state index < -0.39 is 0 Å². The van der Waals surface area contributed by atoms with Crippen molar-refractivity contribution in [1.82, 2.24) is 14.9 Å². The number of nitrogens with one attached hydrogen (secondary N) is 1. The van der Waals surface area contributed by atoms with Crippen molar-refractivity contribution in [2.24, 2.45) is 11.8 Å². The van der Waals surface area contributed by atoms with Gasteiger partial charge in [0.2, 0.25) is 5.91 Å². The van der Waals surface area contributed by atoms with Crippen LogP contribution in [0, 0.1) is 11.8 Å². The van der Waals surface area contributed by atoms with Crippen molar-refractivity contribution >= 4 is 16.9 Å². The third kappa shape index (κ3) is 4.81. The molecule has 4 nitrogen and oxygen atoms in total. The van der Waals surface area contributed by atoms with Crippen molar-refractivity contribution in [2.45, 2.75) is 53.5 Å². The highest BCUT2D eigenvalue weighted by molar-refractivity contribution is 5.77. The first-order valence-electron chi connectivity index (χ1n) is 8.71. The molecule has 1 aromatic carbocycles. The van der Waals surface area contributed by atoms with E-state index in [9.17, 15) is 4.79 Å². The highest BCUT2D eigenvalue weighted by Crippen LogP contribution is 2.18. The van der Waals surface area contributed by atoms with Crippen molar-refractivity contribution in [3.05, 3.63) is 30.1 Å². The number of benzene rings is 1. The molecule has 1 aromatic heterocycles. The number of carbonyl (C=O) groups is 1. The van der Waals surface area contributed by atoms with E-state index in [2.05, 4.69) is 41.9 Å². The summed E-state index contributed by atoms with van der Waals surface area (Å²) in [6.45, 7) is 10.1. The monoisotopic (exact) mass is 315 g/mol. The van der Waals surface area contributed by atoms with Crippen LogP contribution in [-0.2, 0) is 17.8 Å². The molecule has 0 bridgehead atoms. The zero-order valence-electron chi connectivity index (χ0n) is 14.8. The number of rotatable bonds is 8. The Kier molecular flexibility index (Phi) is 6.20. The minimum absolute atomic E-state index is 0.0469. The normalized spacial score (nSPS) is 11.6. The zero-order chi connectivity index (χ0) is 16.8. The summed E-state index contributed by atoms with van der Waals surface area (Å²) in [6, 6.07) is 8.33. The van der Waals surface area contributed by atoms with Crippen molar-refractivity contribution in [3.63, 3.8) is 0 Å². The fraction of sp³-hybridized carbons (Fsp3) is 0.579. The van der Waals surface area contributed by atoms with E-state index in [1.165, 1.54) is 5.52 Å². The maximum Gasteiger partial charge on any atom is 0.222 e. The summed E-state index contributed by atoms with van der Waals surface area (Å²) in [4.78, 5) is 16.4. The lowest BCUT2D eigenvalue weighted by Crippen LogP contribution is -2.28. The number of hydrogen-bond acceptors (Lipinski definition) is 2. The van der Waals surface area contributed by atoms with Crippen LogP contribution in [0.3, 0.4) is 0 Å². The second-order valence-corrected chi connectivity index (χ2v) is 6.90. The van der Waals surface area contributed by atoms with Gasteiger partial charge in [0.05, 0.1) is 11.0 Å². The van der Waals surface area contributed by atoms with Gasteiger partial charge < -0.3 is 9.88 Å². The first-order valence-corrected chi connectivity index (χ1v) is 8.71. The zero-order valence-corrected chi connectivity index (χ0v) is 14.8. The lowest BCUT2D eigenvalue weighted by Gasteiger charge is -2.11. The van der Waals surface area contributed by atoms with Crippen molar-refractivity contribution in [2.75, 3.05) is 6.54 Å². The summed E-state index contributed by atoms with van der Waals surface area (Å²) >= 11 is 0. The van der Waals surface area contributed by atoms with Gasteiger partial charge in [-0.1, -0.05) is 39.8 Å². The molecule has 1 amide bonds. The van der Waals surface area contributed by atoms with E-state index >= 15 is 0 Å². The number of aromatic nitrogens is 2. The molecule has 0 aliphatic heterocycles. The van der Waals surface area contributed by atoms with E-state index in [-0.39, 0.29) is 11.8 Å². The Balaban J connectivity index is 2.03. The van der Waals surface area contributed by atoms with Crippen LogP contribution in [0.4, 0.5) is 0 Å². The molecule has 2 rings (SSSR count). The molecule has 1 heterocycles. The number of amides is 1. The Bertz CT molecular complexity index is 643. The summed E-state index contributed by atoms with van der Waals surface area (Å²) in [5.41, 5.74) is 2.28. The van der Waals surface area contributed by atoms with E-state index in [1.54, 1.807) is 0 Å². The number of carbonyl (C=O) groups excluding carboxylic acids is 1. The molecular formula is C19H29N3O. The molecular weight excluding hydrogens is 286 g/mol. The van der Waals surface area contributed by atoms with Crippen LogP contribution in [0.2, 0.25) is 0 Å². The Morgan fingerprint density at radius 1 is 1.22 bits per heavy atom. The molecule has 0 aliphatic rings. The maximum absolute atomic E-state index is 11.6. The van der Waals surface area contributed by atoms with Crippen molar-refractivity contribution in [3.8, 4) is 0 Å². The molecule has 0 aliphatic carbocycles. The van der Waals surface area contributed by atoms with E-state index in [4.69, 9.17) is 4.98 Å². The fourth-order valence-corrected chi connectivity index (χ4v) is 2.62. The Morgan fingerprint density at radius 3 is 2.65 bits per heavy atom. The smallest absolute Gasteiger partial charge is 0.222 e. The second-order valence-electron chi connectivity index (χ2n) is 6.90. The Hall–Kier alpha value is -1.84. The number of nitrogens with zero attached hydrogens (tertiary/aromatic N) is 2. The van der Waals surface area contributed by atoms with Gasteiger partial charge in [-0.25, -0.2) is 4.98 Å².